The zero-order valence-electron chi connectivity index (χ0n) is 11.0. The SMILES string of the molecule is COc1cc(N2CCNCC2)cc([N+](=O)[O-])c1OC. The van der Waals surface area contributed by atoms with Crippen molar-refractivity contribution in [3.05, 3.63) is 22.2 Å². The topological polar surface area (TPSA) is 76.9 Å². The van der Waals surface area contributed by atoms with E-state index in [0.717, 1.165) is 31.9 Å². The molecule has 1 aromatic carbocycles. The highest BCUT2D eigenvalue weighted by Crippen LogP contribution is 2.40. The van der Waals surface area contributed by atoms with Crippen LogP contribution in [-0.4, -0.2) is 45.3 Å². The van der Waals surface area contributed by atoms with E-state index in [2.05, 4.69) is 10.2 Å². The molecule has 1 N–H and O–H groups in total. The van der Waals surface area contributed by atoms with E-state index in [1.165, 1.54) is 20.3 Å². The Morgan fingerprint density at radius 3 is 2.47 bits per heavy atom. The molecule has 2 rings (SSSR count). The molecule has 0 spiro atoms. The minimum atomic E-state index is -0.451. The smallest absolute Gasteiger partial charge is 0.316 e. The Hall–Kier alpha value is -2.02. The molecule has 1 saturated heterocycles. The van der Waals surface area contributed by atoms with Crippen LogP contribution >= 0.6 is 0 Å². The Balaban J connectivity index is 2.44. The number of nitrogens with zero attached hydrogens (tertiary/aromatic N) is 2. The fraction of sp³-hybridized carbons (Fsp3) is 0.500. The molecule has 104 valence electrons. The van der Waals surface area contributed by atoms with Crippen LogP contribution in [0.5, 0.6) is 11.5 Å². The highest BCUT2D eigenvalue weighted by molar-refractivity contribution is 5.66. The lowest BCUT2D eigenvalue weighted by Crippen LogP contribution is -2.43. The van der Waals surface area contributed by atoms with Crippen LogP contribution in [0.4, 0.5) is 11.4 Å². The van der Waals surface area contributed by atoms with Crippen LogP contribution in [0.3, 0.4) is 0 Å². The zero-order valence-corrected chi connectivity index (χ0v) is 11.0. The molecular formula is C12H17N3O4. The van der Waals surface area contributed by atoms with Gasteiger partial charge in [0.2, 0.25) is 5.75 Å². The normalized spacial score (nSPS) is 15.2. The Morgan fingerprint density at radius 2 is 1.95 bits per heavy atom. The van der Waals surface area contributed by atoms with Crippen molar-refractivity contribution in [2.24, 2.45) is 0 Å². The molecule has 0 atom stereocenters. The van der Waals surface area contributed by atoms with Crippen LogP contribution in [0.1, 0.15) is 0 Å². The third-order valence-corrected chi connectivity index (χ3v) is 3.12. The summed E-state index contributed by atoms with van der Waals surface area (Å²) in [6.07, 6.45) is 0. The first-order valence-electron chi connectivity index (χ1n) is 6.03. The Morgan fingerprint density at radius 1 is 1.26 bits per heavy atom. The van der Waals surface area contributed by atoms with Crippen molar-refractivity contribution < 1.29 is 14.4 Å². The molecule has 0 bridgehead atoms. The number of methoxy groups -OCH3 is 2. The van der Waals surface area contributed by atoms with Gasteiger partial charge in [0.1, 0.15) is 0 Å². The van der Waals surface area contributed by atoms with Gasteiger partial charge in [-0.2, -0.15) is 0 Å². The molecular weight excluding hydrogens is 250 g/mol. The summed E-state index contributed by atoms with van der Waals surface area (Å²) < 4.78 is 10.3. The van der Waals surface area contributed by atoms with Crippen LogP contribution in [0.15, 0.2) is 12.1 Å². The number of hydrogen-bond donors (Lipinski definition) is 1. The number of piperazine rings is 1. The van der Waals surface area contributed by atoms with Gasteiger partial charge in [-0.25, -0.2) is 0 Å². The van der Waals surface area contributed by atoms with Gasteiger partial charge in [0, 0.05) is 44.0 Å². The molecule has 0 saturated carbocycles. The van der Waals surface area contributed by atoms with E-state index in [0.29, 0.717) is 5.75 Å². The molecule has 0 radical (unpaired) electrons. The van der Waals surface area contributed by atoms with Crippen LogP contribution in [0.2, 0.25) is 0 Å². The maximum absolute atomic E-state index is 11.1. The van der Waals surface area contributed by atoms with E-state index >= 15 is 0 Å². The monoisotopic (exact) mass is 267 g/mol. The molecule has 1 aromatic rings. The van der Waals surface area contributed by atoms with E-state index in [1.807, 2.05) is 0 Å². The maximum Gasteiger partial charge on any atom is 0.316 e. The average Bonchev–Trinajstić information content (AvgIpc) is 2.46. The van der Waals surface area contributed by atoms with E-state index in [-0.39, 0.29) is 11.4 Å². The maximum atomic E-state index is 11.1. The summed E-state index contributed by atoms with van der Waals surface area (Å²) >= 11 is 0. The molecule has 0 aliphatic carbocycles. The lowest BCUT2D eigenvalue weighted by Gasteiger charge is -2.29. The minimum absolute atomic E-state index is 0.0737. The Bertz CT molecular complexity index is 472. The summed E-state index contributed by atoms with van der Waals surface area (Å²) in [6, 6.07) is 3.31. The number of rotatable bonds is 4. The minimum Gasteiger partial charge on any atom is -0.493 e. The molecule has 1 heterocycles. The van der Waals surface area contributed by atoms with E-state index in [4.69, 9.17) is 9.47 Å². The third-order valence-electron chi connectivity index (χ3n) is 3.12. The summed E-state index contributed by atoms with van der Waals surface area (Å²) in [7, 11) is 2.87. The largest absolute Gasteiger partial charge is 0.493 e. The molecule has 0 aromatic heterocycles. The van der Waals surface area contributed by atoms with Crippen molar-refractivity contribution in [1.29, 1.82) is 0 Å². The lowest BCUT2D eigenvalue weighted by atomic mass is 10.2. The van der Waals surface area contributed by atoms with Crippen LogP contribution < -0.4 is 19.7 Å². The van der Waals surface area contributed by atoms with Crippen molar-refractivity contribution in [2.75, 3.05) is 45.3 Å². The van der Waals surface area contributed by atoms with Crippen LogP contribution in [0, 0.1) is 10.1 Å². The van der Waals surface area contributed by atoms with E-state index in [1.54, 1.807) is 6.07 Å². The van der Waals surface area contributed by atoms with Gasteiger partial charge in [0.25, 0.3) is 0 Å². The van der Waals surface area contributed by atoms with Gasteiger partial charge >= 0.3 is 5.69 Å². The molecule has 0 amide bonds. The number of anilines is 1. The molecule has 1 aliphatic rings. The Labute approximate surface area is 111 Å². The van der Waals surface area contributed by atoms with Crippen molar-refractivity contribution in [3.8, 4) is 11.5 Å². The number of nitrogens with one attached hydrogen (secondary N) is 1. The summed E-state index contributed by atoms with van der Waals surface area (Å²) in [4.78, 5) is 12.8. The second-order valence-electron chi connectivity index (χ2n) is 4.19. The number of hydrogen-bond acceptors (Lipinski definition) is 6. The zero-order chi connectivity index (χ0) is 13.8. The van der Waals surface area contributed by atoms with Gasteiger partial charge in [-0.05, 0) is 0 Å². The molecule has 7 heteroatoms. The first-order chi connectivity index (χ1) is 9.17. The van der Waals surface area contributed by atoms with Crippen molar-refractivity contribution in [3.63, 3.8) is 0 Å². The second-order valence-corrected chi connectivity index (χ2v) is 4.19. The van der Waals surface area contributed by atoms with Crippen molar-refractivity contribution in [2.45, 2.75) is 0 Å². The van der Waals surface area contributed by atoms with Gasteiger partial charge in [-0.3, -0.25) is 10.1 Å². The first-order valence-corrected chi connectivity index (χ1v) is 6.03. The van der Waals surface area contributed by atoms with Gasteiger partial charge in [-0.15, -0.1) is 0 Å². The van der Waals surface area contributed by atoms with E-state index < -0.39 is 4.92 Å². The van der Waals surface area contributed by atoms with Gasteiger partial charge in [0.05, 0.1) is 19.1 Å². The molecule has 1 fully saturated rings. The quantitative estimate of drug-likeness (QED) is 0.648. The lowest BCUT2D eigenvalue weighted by molar-refractivity contribution is -0.385. The van der Waals surface area contributed by atoms with Crippen LogP contribution in [0.25, 0.3) is 0 Å². The predicted octanol–water partition coefficient (Wildman–Crippen LogP) is 1.02. The van der Waals surface area contributed by atoms with Gasteiger partial charge in [-0.1, -0.05) is 0 Å². The molecule has 1 aliphatic heterocycles. The number of benzene rings is 1. The Kier molecular flexibility index (Phi) is 4.06. The van der Waals surface area contributed by atoms with Crippen molar-refractivity contribution >= 4 is 11.4 Å². The summed E-state index contributed by atoms with van der Waals surface area (Å²) in [5.41, 5.74) is 0.709. The summed E-state index contributed by atoms with van der Waals surface area (Å²) in [5.74, 6) is 0.539. The number of ether oxygens (including phenoxy) is 2. The summed E-state index contributed by atoms with van der Waals surface area (Å²) in [6.45, 7) is 3.35. The van der Waals surface area contributed by atoms with Gasteiger partial charge < -0.3 is 19.7 Å². The van der Waals surface area contributed by atoms with E-state index in [9.17, 15) is 10.1 Å². The average molecular weight is 267 g/mol. The highest BCUT2D eigenvalue weighted by atomic mass is 16.6. The first kappa shape index (κ1) is 13.4. The standard InChI is InChI=1S/C12H17N3O4/c1-18-11-8-9(14-5-3-13-4-6-14)7-10(15(16)17)12(11)19-2/h7-8,13H,3-6H2,1-2H3. The third kappa shape index (κ3) is 2.70. The second kappa shape index (κ2) is 5.75. The molecule has 19 heavy (non-hydrogen) atoms. The van der Waals surface area contributed by atoms with Gasteiger partial charge in [0.15, 0.2) is 5.75 Å². The predicted molar refractivity (Wildman–Crippen MR) is 71.3 cm³/mol. The number of nitro groups is 1. The highest BCUT2D eigenvalue weighted by Gasteiger charge is 2.24. The fourth-order valence-corrected chi connectivity index (χ4v) is 2.17. The van der Waals surface area contributed by atoms with Crippen molar-refractivity contribution in [1.82, 2.24) is 5.32 Å². The molecule has 0 unspecified atom stereocenters. The van der Waals surface area contributed by atoms with Crippen LogP contribution in [-0.2, 0) is 0 Å². The molecule has 7 nitrogen and oxygen atoms in total. The fourth-order valence-electron chi connectivity index (χ4n) is 2.17. The number of nitro benzene ring substituents is 1. The summed E-state index contributed by atoms with van der Waals surface area (Å²) in [5, 5.41) is 14.4.